The van der Waals surface area contributed by atoms with E-state index < -0.39 is 9.84 Å². The molecule has 0 radical (unpaired) electrons. The highest BCUT2D eigenvalue weighted by atomic mass is 127. The fraction of sp³-hybridized carbons (Fsp3) is 0.933. The molecule has 0 aromatic carbocycles. The maximum atomic E-state index is 11.5. The molecule has 140 valence electrons. The Morgan fingerprint density at radius 1 is 1.21 bits per heavy atom. The second-order valence-electron chi connectivity index (χ2n) is 6.86. The number of nitrogens with zero attached hydrogens (tertiary/aromatic N) is 3. The molecule has 0 aromatic rings. The van der Waals surface area contributed by atoms with Crippen molar-refractivity contribution in [1.82, 2.24) is 20.4 Å². The van der Waals surface area contributed by atoms with E-state index in [1.165, 1.54) is 26.2 Å². The second kappa shape index (κ2) is 9.00. The van der Waals surface area contributed by atoms with Gasteiger partial charge in [-0.3, -0.25) is 14.8 Å². The van der Waals surface area contributed by atoms with Crippen LogP contribution in [0.3, 0.4) is 0 Å². The minimum Gasteiger partial charge on any atom is -0.357 e. The predicted molar refractivity (Wildman–Crippen MR) is 108 cm³/mol. The quantitative estimate of drug-likeness (QED) is 0.323. The Labute approximate surface area is 162 Å². The van der Waals surface area contributed by atoms with Gasteiger partial charge in [0.15, 0.2) is 15.8 Å². The first-order valence-electron chi connectivity index (χ1n) is 8.75. The van der Waals surface area contributed by atoms with Crippen molar-refractivity contribution < 1.29 is 8.42 Å². The number of hydrogen-bond acceptors (Lipinski definition) is 5. The summed E-state index contributed by atoms with van der Waals surface area (Å²) in [6.07, 6.45) is 0.747. The molecule has 2 atom stereocenters. The molecule has 4 saturated heterocycles. The molecule has 4 aliphatic rings. The van der Waals surface area contributed by atoms with Crippen molar-refractivity contribution in [2.75, 3.05) is 63.9 Å². The molecule has 0 amide bonds. The molecule has 2 bridgehead atoms. The lowest BCUT2D eigenvalue weighted by Crippen LogP contribution is -2.63. The zero-order valence-electron chi connectivity index (χ0n) is 14.4. The van der Waals surface area contributed by atoms with E-state index >= 15 is 0 Å². The van der Waals surface area contributed by atoms with Crippen molar-refractivity contribution in [3.8, 4) is 0 Å². The predicted octanol–water partition coefficient (Wildman–Crippen LogP) is -0.406. The van der Waals surface area contributed by atoms with Crippen LogP contribution in [-0.2, 0) is 9.84 Å². The smallest absolute Gasteiger partial charge is 0.191 e. The summed E-state index contributed by atoms with van der Waals surface area (Å²) in [4.78, 5) is 9.69. The molecule has 7 nitrogen and oxygen atoms in total. The standard InChI is InChI=1S/C15H29N5O2S.HI/c1-2-16-15(17-9-13-3-8-23(21,22)12-13)18-10-14-11-19-4-6-20(14)7-5-19;/h13-14H,2-12H2,1H3,(H2,16,17,18);1H. The number of guanidine groups is 1. The molecule has 9 heteroatoms. The number of nitrogens with one attached hydrogen (secondary N) is 2. The highest BCUT2D eigenvalue weighted by Crippen LogP contribution is 2.18. The van der Waals surface area contributed by atoms with Gasteiger partial charge in [-0.25, -0.2) is 8.42 Å². The summed E-state index contributed by atoms with van der Waals surface area (Å²) in [6.45, 7) is 10.2. The summed E-state index contributed by atoms with van der Waals surface area (Å²) in [7, 11) is -2.81. The van der Waals surface area contributed by atoms with Gasteiger partial charge in [0.05, 0.1) is 11.5 Å². The molecule has 4 heterocycles. The Kier molecular flexibility index (Phi) is 7.57. The third-order valence-electron chi connectivity index (χ3n) is 5.08. The second-order valence-corrected chi connectivity index (χ2v) is 9.09. The van der Waals surface area contributed by atoms with Crippen LogP contribution in [-0.4, -0.2) is 94.1 Å². The summed E-state index contributed by atoms with van der Waals surface area (Å²) in [5.74, 6) is 1.61. The third-order valence-corrected chi connectivity index (χ3v) is 6.91. The van der Waals surface area contributed by atoms with Crippen LogP contribution >= 0.6 is 24.0 Å². The van der Waals surface area contributed by atoms with Gasteiger partial charge in [-0.1, -0.05) is 0 Å². The molecule has 0 saturated carbocycles. The van der Waals surface area contributed by atoms with Crippen molar-refractivity contribution in [1.29, 1.82) is 0 Å². The Bertz CT molecular complexity index is 534. The van der Waals surface area contributed by atoms with Crippen LogP contribution in [0, 0.1) is 5.92 Å². The molecule has 0 spiro atoms. The van der Waals surface area contributed by atoms with Crippen LogP contribution < -0.4 is 10.6 Å². The lowest BCUT2D eigenvalue weighted by atomic mass is 10.1. The maximum absolute atomic E-state index is 11.5. The van der Waals surface area contributed by atoms with E-state index in [9.17, 15) is 8.42 Å². The largest absolute Gasteiger partial charge is 0.357 e. The zero-order valence-corrected chi connectivity index (χ0v) is 17.6. The van der Waals surface area contributed by atoms with Crippen LogP contribution in [0.1, 0.15) is 13.3 Å². The van der Waals surface area contributed by atoms with Crippen molar-refractivity contribution >= 4 is 39.8 Å². The first-order valence-corrected chi connectivity index (χ1v) is 10.6. The minimum absolute atomic E-state index is 0. The lowest BCUT2D eigenvalue weighted by Gasteiger charge is -2.47. The normalized spacial score (nSPS) is 34.6. The van der Waals surface area contributed by atoms with Crippen LogP contribution in [0.2, 0.25) is 0 Å². The number of aliphatic imine (C=N–C) groups is 1. The van der Waals surface area contributed by atoms with Crippen molar-refractivity contribution in [2.24, 2.45) is 10.9 Å². The topological polar surface area (TPSA) is 77.0 Å². The number of rotatable bonds is 5. The fourth-order valence-electron chi connectivity index (χ4n) is 3.71. The summed E-state index contributed by atoms with van der Waals surface area (Å²) in [6, 6.07) is 0.549. The van der Waals surface area contributed by atoms with E-state index in [4.69, 9.17) is 0 Å². The molecule has 0 aliphatic carbocycles. The highest BCUT2D eigenvalue weighted by Gasteiger charge is 2.31. The van der Waals surface area contributed by atoms with Crippen molar-refractivity contribution in [3.05, 3.63) is 0 Å². The first-order chi connectivity index (χ1) is 11.1. The molecule has 2 unspecified atom stereocenters. The Morgan fingerprint density at radius 3 is 2.50 bits per heavy atom. The number of hydrogen-bond donors (Lipinski definition) is 2. The number of piperazine rings is 3. The van der Waals surface area contributed by atoms with Gasteiger partial charge < -0.3 is 10.6 Å². The van der Waals surface area contributed by atoms with Gasteiger partial charge in [-0.2, -0.15) is 0 Å². The fourth-order valence-corrected chi connectivity index (χ4v) is 5.56. The SMILES string of the molecule is CCNC(=NCC1CCS(=O)(=O)C1)NCC1CN2CCN1CC2.I. The van der Waals surface area contributed by atoms with Gasteiger partial charge >= 0.3 is 0 Å². The van der Waals surface area contributed by atoms with Crippen LogP contribution in [0.5, 0.6) is 0 Å². The molecule has 0 aromatic heterocycles. The summed E-state index contributed by atoms with van der Waals surface area (Å²) >= 11 is 0. The summed E-state index contributed by atoms with van der Waals surface area (Å²) in [5, 5.41) is 6.71. The Balaban J connectivity index is 0.00000208. The average Bonchev–Trinajstić information content (AvgIpc) is 2.90. The van der Waals surface area contributed by atoms with Crippen molar-refractivity contribution in [2.45, 2.75) is 19.4 Å². The Hall–Kier alpha value is -0.130. The molecular weight excluding hydrogens is 441 g/mol. The van der Waals surface area contributed by atoms with Crippen LogP contribution in [0.4, 0.5) is 0 Å². The van der Waals surface area contributed by atoms with E-state index in [-0.39, 0.29) is 29.9 Å². The summed E-state index contributed by atoms with van der Waals surface area (Å²) in [5.41, 5.74) is 0. The van der Waals surface area contributed by atoms with Gasteiger partial charge in [-0.15, -0.1) is 24.0 Å². The van der Waals surface area contributed by atoms with Crippen molar-refractivity contribution in [3.63, 3.8) is 0 Å². The molecule has 4 aliphatic heterocycles. The van der Waals surface area contributed by atoms with E-state index in [1.807, 2.05) is 0 Å². The number of halogens is 1. The van der Waals surface area contributed by atoms with E-state index in [1.54, 1.807) is 0 Å². The maximum Gasteiger partial charge on any atom is 0.191 e. The number of fused-ring (bicyclic) bond motifs is 3. The highest BCUT2D eigenvalue weighted by molar-refractivity contribution is 14.0. The van der Waals surface area contributed by atoms with Gasteiger partial charge in [0.1, 0.15) is 0 Å². The molecule has 2 N–H and O–H groups in total. The van der Waals surface area contributed by atoms with E-state index in [0.29, 0.717) is 24.1 Å². The Morgan fingerprint density at radius 2 is 1.96 bits per heavy atom. The number of sulfone groups is 1. The molecule has 24 heavy (non-hydrogen) atoms. The minimum atomic E-state index is -2.81. The van der Waals surface area contributed by atoms with Gasteiger partial charge in [0.2, 0.25) is 0 Å². The summed E-state index contributed by atoms with van der Waals surface area (Å²) < 4.78 is 23.1. The van der Waals surface area contributed by atoms with Gasteiger partial charge in [-0.05, 0) is 19.3 Å². The van der Waals surface area contributed by atoms with Crippen LogP contribution in [0.25, 0.3) is 0 Å². The first kappa shape index (κ1) is 20.2. The van der Waals surface area contributed by atoms with E-state index in [2.05, 4.69) is 32.3 Å². The van der Waals surface area contributed by atoms with Gasteiger partial charge in [0, 0.05) is 58.4 Å². The monoisotopic (exact) mass is 471 g/mol. The van der Waals surface area contributed by atoms with Gasteiger partial charge in [0.25, 0.3) is 0 Å². The molecular formula is C15H30IN5O2S. The zero-order chi connectivity index (χ0) is 16.3. The molecule has 4 fully saturated rings. The lowest BCUT2D eigenvalue weighted by molar-refractivity contribution is 0.0154. The third kappa shape index (κ3) is 5.43. The van der Waals surface area contributed by atoms with E-state index in [0.717, 1.165) is 32.0 Å². The molecule has 4 rings (SSSR count). The average molecular weight is 471 g/mol. The van der Waals surface area contributed by atoms with Crippen LogP contribution in [0.15, 0.2) is 4.99 Å².